The standard InChI is InChI=1S/C21H34N2O6/c24-12-14-28-13-10-22-19(25)15-17-7-4-2-1-3-5-9-20(26)29-16-18-8-6-11-23(18)21(17)27/h2,4,17-18,24H,1,3,5-16H2,(H,22,25). The predicted molar refractivity (Wildman–Crippen MR) is 107 cm³/mol. The lowest BCUT2D eigenvalue weighted by atomic mass is 9.97. The SMILES string of the molecule is O=C(CC1CC=CCCCCC(=O)OCC2CCCN2C1=O)NCCOCCO. The minimum Gasteiger partial charge on any atom is -0.463 e. The van der Waals surface area contributed by atoms with Gasteiger partial charge in [0.25, 0.3) is 0 Å². The number of rotatable bonds is 7. The zero-order chi connectivity index (χ0) is 20.9. The first-order valence-corrected chi connectivity index (χ1v) is 10.7. The maximum atomic E-state index is 13.1. The van der Waals surface area contributed by atoms with Crippen LogP contribution < -0.4 is 5.32 Å². The fraction of sp³-hybridized carbons (Fsp3) is 0.762. The largest absolute Gasteiger partial charge is 0.463 e. The van der Waals surface area contributed by atoms with Crippen molar-refractivity contribution < 1.29 is 29.0 Å². The van der Waals surface area contributed by atoms with Gasteiger partial charge < -0.3 is 24.8 Å². The van der Waals surface area contributed by atoms with Gasteiger partial charge in [-0.2, -0.15) is 0 Å². The zero-order valence-corrected chi connectivity index (χ0v) is 17.1. The van der Waals surface area contributed by atoms with Crippen molar-refractivity contribution in [3.05, 3.63) is 12.2 Å². The molecule has 2 atom stereocenters. The summed E-state index contributed by atoms with van der Waals surface area (Å²) >= 11 is 0. The fourth-order valence-electron chi connectivity index (χ4n) is 3.70. The summed E-state index contributed by atoms with van der Waals surface area (Å²) in [5.74, 6) is -0.863. The quantitative estimate of drug-likeness (QED) is 0.371. The topological polar surface area (TPSA) is 105 Å². The fourth-order valence-corrected chi connectivity index (χ4v) is 3.70. The molecule has 2 aliphatic heterocycles. The average molecular weight is 411 g/mol. The number of nitrogens with zero attached hydrogens (tertiary/aromatic N) is 1. The van der Waals surface area contributed by atoms with Crippen LogP contribution in [0.25, 0.3) is 0 Å². The van der Waals surface area contributed by atoms with Gasteiger partial charge in [-0.25, -0.2) is 0 Å². The van der Waals surface area contributed by atoms with Gasteiger partial charge in [-0.3, -0.25) is 14.4 Å². The van der Waals surface area contributed by atoms with E-state index in [4.69, 9.17) is 14.6 Å². The van der Waals surface area contributed by atoms with Gasteiger partial charge in [-0.15, -0.1) is 0 Å². The summed E-state index contributed by atoms with van der Waals surface area (Å²) in [7, 11) is 0. The minimum atomic E-state index is -0.427. The third-order valence-electron chi connectivity index (χ3n) is 5.27. The summed E-state index contributed by atoms with van der Waals surface area (Å²) < 4.78 is 10.5. The minimum absolute atomic E-state index is 0.0445. The van der Waals surface area contributed by atoms with Crippen molar-refractivity contribution in [2.75, 3.05) is 39.5 Å². The molecule has 0 saturated carbocycles. The van der Waals surface area contributed by atoms with Crippen LogP contribution in [0.1, 0.15) is 51.4 Å². The second-order valence-corrected chi connectivity index (χ2v) is 7.55. The van der Waals surface area contributed by atoms with Crippen LogP contribution in [0.2, 0.25) is 0 Å². The van der Waals surface area contributed by atoms with Crippen LogP contribution in [0.4, 0.5) is 0 Å². The van der Waals surface area contributed by atoms with E-state index in [1.165, 1.54) is 0 Å². The van der Waals surface area contributed by atoms with Crippen molar-refractivity contribution in [2.45, 2.75) is 57.4 Å². The molecular weight excluding hydrogens is 376 g/mol. The number of esters is 1. The summed E-state index contributed by atoms with van der Waals surface area (Å²) in [5.41, 5.74) is 0. The highest BCUT2D eigenvalue weighted by Gasteiger charge is 2.34. The number of ether oxygens (including phenoxy) is 2. The number of nitrogens with one attached hydrogen (secondary N) is 1. The molecule has 1 saturated heterocycles. The average Bonchev–Trinajstić information content (AvgIpc) is 3.18. The Kier molecular flexibility index (Phi) is 10.7. The summed E-state index contributed by atoms with van der Waals surface area (Å²) in [5, 5.41) is 11.5. The van der Waals surface area contributed by atoms with E-state index >= 15 is 0 Å². The Morgan fingerprint density at radius 2 is 2.10 bits per heavy atom. The predicted octanol–water partition coefficient (Wildman–Crippen LogP) is 1.17. The third-order valence-corrected chi connectivity index (χ3v) is 5.27. The molecule has 2 unspecified atom stereocenters. The molecule has 164 valence electrons. The van der Waals surface area contributed by atoms with Gasteiger partial charge in [0.2, 0.25) is 11.8 Å². The molecular formula is C21H34N2O6. The van der Waals surface area contributed by atoms with Crippen molar-refractivity contribution in [2.24, 2.45) is 5.92 Å². The number of hydrogen-bond donors (Lipinski definition) is 2. The van der Waals surface area contributed by atoms with Crippen molar-refractivity contribution in [3.63, 3.8) is 0 Å². The van der Waals surface area contributed by atoms with Gasteiger partial charge in [0.05, 0.1) is 31.8 Å². The molecule has 2 aliphatic rings. The van der Waals surface area contributed by atoms with Crippen molar-refractivity contribution in [3.8, 4) is 0 Å². The Morgan fingerprint density at radius 1 is 1.24 bits per heavy atom. The molecule has 2 amide bonds. The third kappa shape index (κ3) is 8.53. The Labute approximate surface area is 172 Å². The van der Waals surface area contributed by atoms with Crippen LogP contribution in [-0.2, 0) is 23.9 Å². The van der Waals surface area contributed by atoms with E-state index in [1.54, 1.807) is 4.90 Å². The molecule has 1 fully saturated rings. The number of hydrogen-bond acceptors (Lipinski definition) is 6. The Balaban J connectivity index is 1.96. The second kappa shape index (κ2) is 13.3. The van der Waals surface area contributed by atoms with E-state index in [0.29, 0.717) is 32.5 Å². The van der Waals surface area contributed by atoms with E-state index in [2.05, 4.69) is 5.32 Å². The van der Waals surface area contributed by atoms with Crippen LogP contribution in [0.3, 0.4) is 0 Å². The van der Waals surface area contributed by atoms with Crippen LogP contribution >= 0.6 is 0 Å². The van der Waals surface area contributed by atoms with Gasteiger partial charge >= 0.3 is 5.97 Å². The van der Waals surface area contributed by atoms with E-state index < -0.39 is 5.92 Å². The molecule has 2 heterocycles. The van der Waals surface area contributed by atoms with E-state index in [1.807, 2.05) is 12.2 Å². The molecule has 0 aromatic heterocycles. The number of aliphatic hydroxyl groups excluding tert-OH is 1. The molecule has 8 heteroatoms. The smallest absolute Gasteiger partial charge is 0.305 e. The molecule has 29 heavy (non-hydrogen) atoms. The molecule has 0 spiro atoms. The molecule has 0 aliphatic carbocycles. The molecule has 0 aromatic carbocycles. The highest BCUT2D eigenvalue weighted by Crippen LogP contribution is 2.24. The van der Waals surface area contributed by atoms with Crippen molar-refractivity contribution in [1.29, 1.82) is 0 Å². The van der Waals surface area contributed by atoms with Crippen molar-refractivity contribution in [1.82, 2.24) is 10.2 Å². The number of aliphatic hydroxyl groups is 1. The molecule has 0 bridgehead atoms. The monoisotopic (exact) mass is 410 g/mol. The first kappa shape index (κ1) is 23.3. The highest BCUT2D eigenvalue weighted by atomic mass is 16.5. The number of carbonyl (C=O) groups is 3. The number of carbonyl (C=O) groups excluding carboxylic acids is 3. The van der Waals surface area contributed by atoms with Gasteiger partial charge in [-0.1, -0.05) is 12.2 Å². The number of allylic oxidation sites excluding steroid dienone is 2. The normalized spacial score (nSPS) is 24.0. The van der Waals surface area contributed by atoms with E-state index in [-0.39, 0.29) is 50.1 Å². The first-order valence-electron chi connectivity index (χ1n) is 10.7. The molecule has 8 nitrogen and oxygen atoms in total. The zero-order valence-electron chi connectivity index (χ0n) is 17.1. The second-order valence-electron chi connectivity index (χ2n) is 7.55. The number of amides is 2. The Hall–Kier alpha value is -1.93. The number of fused-ring (bicyclic) bond motifs is 1. The van der Waals surface area contributed by atoms with Gasteiger partial charge in [0.15, 0.2) is 0 Å². The lowest BCUT2D eigenvalue weighted by Crippen LogP contribution is -2.43. The summed E-state index contributed by atoms with van der Waals surface area (Å²) in [6.45, 7) is 1.73. The van der Waals surface area contributed by atoms with Crippen LogP contribution in [-0.4, -0.2) is 73.3 Å². The molecule has 0 aromatic rings. The van der Waals surface area contributed by atoms with Gasteiger partial charge in [0.1, 0.15) is 6.61 Å². The van der Waals surface area contributed by atoms with Crippen LogP contribution in [0.5, 0.6) is 0 Å². The highest BCUT2D eigenvalue weighted by molar-refractivity contribution is 5.86. The Bertz CT molecular complexity index is 565. The lowest BCUT2D eigenvalue weighted by Gasteiger charge is -2.28. The summed E-state index contributed by atoms with van der Waals surface area (Å²) in [6.07, 6.45) is 9.29. The molecule has 0 radical (unpaired) electrons. The molecule has 2 N–H and O–H groups in total. The number of cyclic esters (lactones) is 1. The van der Waals surface area contributed by atoms with Crippen LogP contribution in [0, 0.1) is 5.92 Å². The van der Waals surface area contributed by atoms with Crippen LogP contribution in [0.15, 0.2) is 12.2 Å². The van der Waals surface area contributed by atoms with Crippen molar-refractivity contribution >= 4 is 17.8 Å². The van der Waals surface area contributed by atoms with E-state index in [9.17, 15) is 14.4 Å². The molecule has 2 rings (SSSR count). The van der Waals surface area contributed by atoms with Gasteiger partial charge in [-0.05, 0) is 38.5 Å². The maximum absolute atomic E-state index is 13.1. The lowest BCUT2D eigenvalue weighted by molar-refractivity contribution is -0.148. The summed E-state index contributed by atoms with van der Waals surface area (Å²) in [4.78, 5) is 39.1. The maximum Gasteiger partial charge on any atom is 0.305 e. The van der Waals surface area contributed by atoms with E-state index in [0.717, 1.165) is 32.1 Å². The summed E-state index contributed by atoms with van der Waals surface area (Å²) in [6, 6.07) is -0.101. The Morgan fingerprint density at radius 3 is 2.93 bits per heavy atom. The first-order chi connectivity index (χ1) is 14.1. The van der Waals surface area contributed by atoms with Gasteiger partial charge in [0, 0.05) is 25.9 Å².